The Morgan fingerprint density at radius 1 is 0.464 bits per heavy atom. The maximum Gasteiger partial charge on any atom is -0.00992 e. The van der Waals surface area contributed by atoms with E-state index in [-0.39, 0.29) is 0 Å². The van der Waals surface area contributed by atoms with Crippen LogP contribution in [0.15, 0.2) is 121 Å². The topological polar surface area (TPSA) is 0 Å². The molecule has 0 unspecified atom stereocenters. The minimum atomic E-state index is 1.19. The molecule has 28 heavy (non-hydrogen) atoms. The highest BCUT2D eigenvalue weighted by Gasteiger charge is 2.00. The number of hydrogen-bond donors (Lipinski definition) is 0. The zero-order valence-corrected chi connectivity index (χ0v) is 15.5. The molecule has 132 valence electrons. The monoisotopic (exact) mass is 356 g/mol. The van der Waals surface area contributed by atoms with Crippen LogP contribution in [0.1, 0.15) is 0 Å². The van der Waals surface area contributed by atoms with Crippen LogP contribution >= 0.6 is 0 Å². The molecule has 0 aliphatic carbocycles. The van der Waals surface area contributed by atoms with Gasteiger partial charge in [0, 0.05) is 0 Å². The summed E-state index contributed by atoms with van der Waals surface area (Å²) in [7, 11) is 0. The van der Waals surface area contributed by atoms with Gasteiger partial charge in [-0.25, -0.2) is 0 Å². The molecule has 0 spiro atoms. The minimum absolute atomic E-state index is 1.19. The Bertz CT molecular complexity index is 1020. The second kappa shape index (κ2) is 8.83. The van der Waals surface area contributed by atoms with Crippen molar-refractivity contribution in [1.82, 2.24) is 0 Å². The van der Waals surface area contributed by atoms with Gasteiger partial charge in [0.05, 0.1) is 0 Å². The number of benzene rings is 5. The molecule has 0 heterocycles. The average Bonchev–Trinajstić information content (AvgIpc) is 2.81. The molecule has 0 bridgehead atoms. The van der Waals surface area contributed by atoms with Gasteiger partial charge < -0.3 is 0 Å². The molecule has 0 aromatic heterocycles. The first-order valence-electron chi connectivity index (χ1n) is 9.37. The third-order valence-corrected chi connectivity index (χ3v) is 4.57. The second-order valence-electron chi connectivity index (χ2n) is 6.50. The largest absolute Gasteiger partial charge is 0.0622 e. The smallest absolute Gasteiger partial charge is 0.00992 e. The standard InChI is InChI=1S/C18H13.C10H7/c1-3-8-15(9-4-1)17-12-7-13-18(14-17)16-10-5-2-6-11-16;1-2-6-10-8-4-3-7-9(10)5-1/h1-6,8-14H;1-7H. The zero-order chi connectivity index (χ0) is 19.0. The molecular weight excluding hydrogens is 336 g/mol. The molecule has 0 heteroatoms. The summed E-state index contributed by atoms with van der Waals surface area (Å²) in [4.78, 5) is 0. The van der Waals surface area contributed by atoms with E-state index >= 15 is 0 Å². The Morgan fingerprint density at radius 3 is 1.61 bits per heavy atom. The van der Waals surface area contributed by atoms with Gasteiger partial charge >= 0.3 is 0 Å². The van der Waals surface area contributed by atoms with Crippen LogP contribution in [0.3, 0.4) is 0 Å². The van der Waals surface area contributed by atoms with Gasteiger partial charge in [0.15, 0.2) is 0 Å². The van der Waals surface area contributed by atoms with E-state index in [2.05, 4.69) is 84.9 Å². The van der Waals surface area contributed by atoms with Crippen molar-refractivity contribution in [1.29, 1.82) is 0 Å². The zero-order valence-electron chi connectivity index (χ0n) is 15.5. The predicted molar refractivity (Wildman–Crippen MR) is 119 cm³/mol. The minimum Gasteiger partial charge on any atom is -0.0622 e. The molecule has 0 N–H and O–H groups in total. The number of rotatable bonds is 2. The summed E-state index contributed by atoms with van der Waals surface area (Å²) in [5.74, 6) is 0. The van der Waals surface area contributed by atoms with E-state index in [0.717, 1.165) is 0 Å². The van der Waals surface area contributed by atoms with Crippen LogP contribution in [0.25, 0.3) is 33.0 Å². The molecule has 5 rings (SSSR count). The lowest BCUT2D eigenvalue weighted by atomic mass is 9.99. The highest BCUT2D eigenvalue weighted by Crippen LogP contribution is 2.25. The third-order valence-electron chi connectivity index (χ3n) is 4.57. The van der Waals surface area contributed by atoms with Gasteiger partial charge in [-0.15, -0.1) is 0 Å². The van der Waals surface area contributed by atoms with Gasteiger partial charge in [0.25, 0.3) is 0 Å². The van der Waals surface area contributed by atoms with Crippen LogP contribution in [-0.2, 0) is 0 Å². The summed E-state index contributed by atoms with van der Waals surface area (Å²) in [5.41, 5.74) is 4.87. The molecule has 0 saturated heterocycles. The van der Waals surface area contributed by atoms with Crippen LogP contribution in [0.4, 0.5) is 0 Å². The number of hydrogen-bond acceptors (Lipinski definition) is 0. The van der Waals surface area contributed by atoms with Crippen LogP contribution in [-0.4, -0.2) is 0 Å². The lowest BCUT2D eigenvalue weighted by molar-refractivity contribution is 1.58. The average molecular weight is 356 g/mol. The van der Waals surface area contributed by atoms with Gasteiger partial charge in [-0.3, -0.25) is 0 Å². The van der Waals surface area contributed by atoms with Gasteiger partial charge in [-0.05, 0) is 63.4 Å². The molecule has 0 nitrogen and oxygen atoms in total. The molecule has 5 aromatic rings. The first-order valence-corrected chi connectivity index (χ1v) is 9.37. The van der Waals surface area contributed by atoms with E-state index in [4.69, 9.17) is 0 Å². The lowest BCUT2D eigenvalue weighted by Gasteiger charge is -2.05. The van der Waals surface area contributed by atoms with E-state index in [9.17, 15) is 0 Å². The first kappa shape index (κ1) is 17.8. The van der Waals surface area contributed by atoms with Crippen molar-refractivity contribution in [3.63, 3.8) is 0 Å². The molecule has 0 fully saturated rings. The fourth-order valence-corrected chi connectivity index (χ4v) is 3.13. The lowest BCUT2D eigenvalue weighted by Crippen LogP contribution is -1.80. The molecular formula is C28H20. The van der Waals surface area contributed by atoms with E-state index < -0.39 is 0 Å². The Kier molecular flexibility index (Phi) is 5.60. The van der Waals surface area contributed by atoms with Crippen molar-refractivity contribution >= 4 is 10.8 Å². The maximum absolute atomic E-state index is 3.23. The fraction of sp³-hybridized carbons (Fsp3) is 0. The Balaban J connectivity index is 0.000000162. The van der Waals surface area contributed by atoms with Gasteiger partial charge in [-0.1, -0.05) is 103 Å². The Labute approximate surface area is 166 Å². The van der Waals surface area contributed by atoms with E-state index in [1.807, 2.05) is 48.5 Å². The Hall–Kier alpha value is -3.64. The fourth-order valence-electron chi connectivity index (χ4n) is 3.13. The van der Waals surface area contributed by atoms with Crippen LogP contribution in [0.2, 0.25) is 0 Å². The van der Waals surface area contributed by atoms with Gasteiger partial charge in [0.1, 0.15) is 0 Å². The van der Waals surface area contributed by atoms with Gasteiger partial charge in [-0.2, -0.15) is 0 Å². The summed E-state index contributed by atoms with van der Waals surface area (Å²) >= 11 is 0. The molecule has 0 saturated carbocycles. The van der Waals surface area contributed by atoms with Gasteiger partial charge in [0.2, 0.25) is 0 Å². The Morgan fingerprint density at radius 2 is 1.00 bits per heavy atom. The predicted octanol–water partition coefficient (Wildman–Crippen LogP) is 7.46. The summed E-state index contributed by atoms with van der Waals surface area (Å²) in [6, 6.07) is 47.7. The van der Waals surface area contributed by atoms with Crippen molar-refractivity contribution in [2.24, 2.45) is 0 Å². The summed E-state index contributed by atoms with van der Waals surface area (Å²) in [5, 5.41) is 2.44. The SMILES string of the molecule is [c]1cc(-c2ccccc2)cc(-c2ccccc2)c1.[c]1cccc2ccccc12. The summed E-state index contributed by atoms with van der Waals surface area (Å²) in [6.07, 6.45) is 0. The highest BCUT2D eigenvalue weighted by atomic mass is 14.0. The molecule has 0 aliphatic rings. The molecule has 0 amide bonds. The quantitative estimate of drug-likeness (QED) is 0.308. The third kappa shape index (κ3) is 4.36. The normalized spacial score (nSPS) is 10.1. The van der Waals surface area contributed by atoms with Crippen LogP contribution < -0.4 is 0 Å². The molecule has 5 aromatic carbocycles. The summed E-state index contributed by atoms with van der Waals surface area (Å²) in [6.45, 7) is 0. The van der Waals surface area contributed by atoms with Crippen molar-refractivity contribution in [2.75, 3.05) is 0 Å². The first-order chi connectivity index (χ1) is 13.9. The highest BCUT2D eigenvalue weighted by molar-refractivity contribution is 5.81. The molecule has 2 radical (unpaired) electrons. The maximum atomic E-state index is 3.23. The van der Waals surface area contributed by atoms with E-state index in [1.54, 1.807) is 0 Å². The molecule has 0 aliphatic heterocycles. The molecule has 0 atom stereocenters. The van der Waals surface area contributed by atoms with Crippen molar-refractivity contribution in [3.05, 3.63) is 133 Å². The van der Waals surface area contributed by atoms with Crippen molar-refractivity contribution < 1.29 is 0 Å². The second-order valence-corrected chi connectivity index (χ2v) is 6.50. The number of fused-ring (bicyclic) bond motifs is 1. The van der Waals surface area contributed by atoms with Crippen molar-refractivity contribution in [3.8, 4) is 22.3 Å². The van der Waals surface area contributed by atoms with Crippen molar-refractivity contribution in [2.45, 2.75) is 0 Å². The van der Waals surface area contributed by atoms with Crippen LogP contribution in [0.5, 0.6) is 0 Å². The summed E-state index contributed by atoms with van der Waals surface area (Å²) < 4.78 is 0. The van der Waals surface area contributed by atoms with Crippen LogP contribution in [0, 0.1) is 12.1 Å². The van der Waals surface area contributed by atoms with E-state index in [1.165, 1.54) is 33.0 Å². The van der Waals surface area contributed by atoms with E-state index in [0.29, 0.717) is 0 Å².